The van der Waals surface area contributed by atoms with Crippen molar-refractivity contribution in [3.8, 4) is 6.01 Å². The quantitative estimate of drug-likeness (QED) is 0.607. The first-order valence-corrected chi connectivity index (χ1v) is 10.9. The maximum Gasteiger partial charge on any atom is 0.392 e. The van der Waals surface area contributed by atoms with Crippen LogP contribution in [0.4, 0.5) is 13.2 Å². The van der Waals surface area contributed by atoms with Crippen LogP contribution in [0.25, 0.3) is 6.08 Å². The van der Waals surface area contributed by atoms with Crippen LogP contribution in [0.15, 0.2) is 4.99 Å². The van der Waals surface area contributed by atoms with Crippen LogP contribution in [0.1, 0.15) is 52.4 Å². The van der Waals surface area contributed by atoms with E-state index in [-0.39, 0.29) is 36.4 Å². The first kappa shape index (κ1) is 24.5. The zero-order valence-electron chi connectivity index (χ0n) is 18.7. The second-order valence-corrected chi connectivity index (χ2v) is 8.37. The van der Waals surface area contributed by atoms with E-state index >= 15 is 0 Å². The van der Waals surface area contributed by atoms with E-state index in [0.717, 1.165) is 25.7 Å². The van der Waals surface area contributed by atoms with Gasteiger partial charge in [0, 0.05) is 26.4 Å². The van der Waals surface area contributed by atoms with E-state index in [4.69, 9.17) is 14.2 Å². The molecule has 8 nitrogen and oxygen atoms in total. The lowest BCUT2D eigenvalue weighted by Crippen LogP contribution is -2.38. The van der Waals surface area contributed by atoms with Crippen molar-refractivity contribution in [3.63, 3.8) is 0 Å². The molecule has 1 amide bonds. The van der Waals surface area contributed by atoms with E-state index in [1.165, 1.54) is 6.92 Å². The van der Waals surface area contributed by atoms with Gasteiger partial charge in [-0.15, -0.1) is 0 Å². The van der Waals surface area contributed by atoms with Gasteiger partial charge in [0.2, 0.25) is 5.91 Å². The number of amides is 1. The summed E-state index contributed by atoms with van der Waals surface area (Å²) in [6.07, 6.45) is 0.461. The Labute approximate surface area is 184 Å². The van der Waals surface area contributed by atoms with Crippen LogP contribution < -0.4 is 20.9 Å². The molecule has 1 aromatic rings. The van der Waals surface area contributed by atoms with Gasteiger partial charge < -0.3 is 19.5 Å². The molecule has 1 fully saturated rings. The number of nitrogens with zero attached hydrogens (tertiary/aromatic N) is 3. The number of hydrogen-bond donors (Lipinski definition) is 1. The summed E-state index contributed by atoms with van der Waals surface area (Å²) in [7, 11) is 1.67. The second-order valence-electron chi connectivity index (χ2n) is 8.37. The molecule has 1 aliphatic carbocycles. The fourth-order valence-corrected chi connectivity index (χ4v) is 3.88. The normalized spacial score (nSPS) is 24.1. The van der Waals surface area contributed by atoms with Crippen LogP contribution >= 0.6 is 0 Å². The third kappa shape index (κ3) is 7.19. The van der Waals surface area contributed by atoms with Crippen LogP contribution in [0.2, 0.25) is 0 Å². The summed E-state index contributed by atoms with van der Waals surface area (Å²) in [5.41, 5.74) is 0.548. The number of carbonyl (C=O) groups excluding carboxylic acids is 1. The minimum Gasteiger partial charge on any atom is -0.464 e. The molecule has 2 heterocycles. The van der Waals surface area contributed by atoms with E-state index in [1.807, 2.05) is 13.0 Å². The van der Waals surface area contributed by atoms with Crippen LogP contribution in [0.5, 0.6) is 6.01 Å². The molecule has 11 heteroatoms. The lowest BCUT2D eigenvalue weighted by atomic mass is 9.95. The molecule has 0 bridgehead atoms. The van der Waals surface area contributed by atoms with Crippen molar-refractivity contribution >= 4 is 12.0 Å². The van der Waals surface area contributed by atoms with Gasteiger partial charge in [-0.1, -0.05) is 6.08 Å². The first-order valence-electron chi connectivity index (χ1n) is 10.9. The average molecular weight is 460 g/mol. The molecule has 1 aromatic heterocycles. The summed E-state index contributed by atoms with van der Waals surface area (Å²) in [4.78, 5) is 19.9. The van der Waals surface area contributed by atoms with Gasteiger partial charge >= 0.3 is 6.18 Å². The minimum atomic E-state index is -4.27. The summed E-state index contributed by atoms with van der Waals surface area (Å²) in [6, 6.07) is 0.0968. The highest BCUT2D eigenvalue weighted by Crippen LogP contribution is 2.25. The predicted molar refractivity (Wildman–Crippen MR) is 109 cm³/mol. The first-order chi connectivity index (χ1) is 15.1. The third-order valence-electron chi connectivity index (χ3n) is 5.45. The molecule has 0 spiro atoms. The van der Waals surface area contributed by atoms with E-state index in [1.54, 1.807) is 11.6 Å². The summed E-state index contributed by atoms with van der Waals surface area (Å²) >= 11 is 0. The molecule has 180 valence electrons. The maximum atomic E-state index is 12.3. The molecule has 32 heavy (non-hydrogen) atoms. The molecule has 0 saturated heterocycles. The number of fused-ring (bicyclic) bond motifs is 1. The van der Waals surface area contributed by atoms with Gasteiger partial charge in [0.15, 0.2) is 11.7 Å². The number of carbonyl (C=O) groups is 1. The number of ether oxygens (including phenoxy) is 3. The standard InChI is InChI=1S/C21H31F3N4O4/c1-13(25-14(2)29)12-31-15-4-6-16(7-5-15)32-18-9-8-17-19(27-18)28(3)20(26-17)30-11-10-21(22,23)24/h8,13,15-16,18H,4-7,9-12H2,1-3H3,(H,25,29)/t13-,15?,16?,18?/m0/s1. The Hall–Kier alpha value is -2.14. The Kier molecular flexibility index (Phi) is 8.16. The molecule has 3 rings (SSSR count). The number of hydrogen-bond acceptors (Lipinski definition) is 6. The summed E-state index contributed by atoms with van der Waals surface area (Å²) in [5.74, 6) is -0.0668. The molecule has 2 atom stereocenters. The van der Waals surface area contributed by atoms with E-state index in [0.29, 0.717) is 23.9 Å². The van der Waals surface area contributed by atoms with E-state index < -0.39 is 19.2 Å². The molecule has 1 N–H and O–H groups in total. The van der Waals surface area contributed by atoms with Crippen LogP contribution in [0, 0.1) is 0 Å². The molecule has 0 aromatic carbocycles. The zero-order valence-corrected chi connectivity index (χ0v) is 18.7. The highest BCUT2D eigenvalue weighted by molar-refractivity contribution is 5.73. The van der Waals surface area contributed by atoms with E-state index in [2.05, 4.69) is 15.3 Å². The van der Waals surface area contributed by atoms with Crippen molar-refractivity contribution in [1.29, 1.82) is 0 Å². The van der Waals surface area contributed by atoms with Gasteiger partial charge in [0.25, 0.3) is 6.01 Å². The molecule has 0 radical (unpaired) electrons. The molecule has 1 unspecified atom stereocenters. The van der Waals surface area contributed by atoms with Crippen LogP contribution in [0.3, 0.4) is 0 Å². The number of rotatable bonds is 9. The third-order valence-corrected chi connectivity index (χ3v) is 5.45. The van der Waals surface area contributed by atoms with Crippen molar-refractivity contribution in [2.24, 2.45) is 12.0 Å². The highest BCUT2D eigenvalue weighted by atomic mass is 19.4. The van der Waals surface area contributed by atoms with Crippen molar-refractivity contribution < 1.29 is 32.2 Å². The van der Waals surface area contributed by atoms with Gasteiger partial charge in [-0.25, -0.2) is 4.99 Å². The van der Waals surface area contributed by atoms with Crippen molar-refractivity contribution in [1.82, 2.24) is 14.9 Å². The average Bonchev–Trinajstić information content (AvgIpc) is 3.01. The number of alkyl halides is 3. The summed E-state index contributed by atoms with van der Waals surface area (Å²) in [6.45, 7) is 3.40. The van der Waals surface area contributed by atoms with Gasteiger partial charge in [-0.3, -0.25) is 9.36 Å². The maximum absolute atomic E-state index is 12.3. The Morgan fingerprint density at radius 2 is 1.97 bits per heavy atom. The lowest BCUT2D eigenvalue weighted by Gasteiger charge is -2.31. The summed E-state index contributed by atoms with van der Waals surface area (Å²) < 4.78 is 55.8. The van der Waals surface area contributed by atoms with Gasteiger partial charge in [0.1, 0.15) is 12.0 Å². The van der Waals surface area contributed by atoms with Crippen LogP contribution in [-0.2, 0) is 21.3 Å². The Bertz CT molecular complexity index is 894. The fourth-order valence-electron chi connectivity index (χ4n) is 3.88. The monoisotopic (exact) mass is 460 g/mol. The molecule has 1 aliphatic heterocycles. The number of nitrogens with one attached hydrogen (secondary N) is 1. The van der Waals surface area contributed by atoms with Crippen molar-refractivity contribution in [2.75, 3.05) is 13.2 Å². The Balaban J connectivity index is 1.47. The van der Waals surface area contributed by atoms with Gasteiger partial charge in [-0.05, 0) is 32.6 Å². The summed E-state index contributed by atoms with van der Waals surface area (Å²) in [5, 5.41) is 3.40. The lowest BCUT2D eigenvalue weighted by molar-refractivity contribution is -0.140. The molecule has 1 saturated carbocycles. The second kappa shape index (κ2) is 10.7. The number of imidazole rings is 1. The number of halogens is 3. The predicted octanol–water partition coefficient (Wildman–Crippen LogP) is 1.75. The largest absolute Gasteiger partial charge is 0.464 e. The topological polar surface area (TPSA) is 87.0 Å². The van der Waals surface area contributed by atoms with Crippen molar-refractivity contribution in [2.45, 2.75) is 83.0 Å². The fraction of sp³-hybridized carbons (Fsp3) is 0.762. The van der Waals surface area contributed by atoms with Gasteiger partial charge in [0.05, 0.1) is 25.2 Å². The van der Waals surface area contributed by atoms with E-state index in [9.17, 15) is 18.0 Å². The Morgan fingerprint density at radius 1 is 1.28 bits per heavy atom. The zero-order chi connectivity index (χ0) is 23.3. The Morgan fingerprint density at radius 3 is 2.62 bits per heavy atom. The highest BCUT2D eigenvalue weighted by Gasteiger charge is 2.28. The smallest absolute Gasteiger partial charge is 0.392 e. The number of aromatic nitrogens is 2. The molecular weight excluding hydrogens is 429 g/mol. The van der Waals surface area contributed by atoms with Gasteiger partial charge in [-0.2, -0.15) is 18.2 Å². The molecular formula is C21H31F3N4O4. The minimum absolute atomic E-state index is 0.0199. The molecule has 2 aliphatic rings. The SMILES string of the molecule is CC(=O)N[C@@H](C)COC1CCC(OC2CC=c3nc(OCCC(F)(F)F)n(C)c3=N2)CC1. The van der Waals surface area contributed by atoms with Crippen molar-refractivity contribution in [3.05, 3.63) is 10.8 Å². The van der Waals surface area contributed by atoms with Crippen LogP contribution in [-0.4, -0.2) is 59.3 Å².